The largest absolute Gasteiger partial charge is 0.481 e. The van der Waals surface area contributed by atoms with E-state index < -0.39 is 5.97 Å². The Bertz CT molecular complexity index is 214. The smallest absolute Gasteiger partial charge is 0.306 e. The van der Waals surface area contributed by atoms with Crippen LogP contribution in [0.4, 0.5) is 0 Å². The van der Waals surface area contributed by atoms with E-state index in [1.807, 2.05) is 0 Å². The van der Waals surface area contributed by atoms with E-state index in [1.54, 1.807) is 0 Å². The molecule has 74 valence electrons. The Kier molecular flexibility index (Phi) is 2.28. The van der Waals surface area contributed by atoms with Crippen LogP contribution < -0.4 is 0 Å². The van der Waals surface area contributed by atoms with Gasteiger partial charge in [-0.2, -0.15) is 0 Å². The molecule has 3 heteroatoms. The van der Waals surface area contributed by atoms with Crippen LogP contribution in [0.15, 0.2) is 0 Å². The van der Waals surface area contributed by atoms with Gasteiger partial charge in [0.25, 0.3) is 0 Å². The highest BCUT2D eigenvalue weighted by Crippen LogP contribution is 2.41. The normalized spacial score (nSPS) is 44.4. The fraction of sp³-hybridized carbons (Fsp3) is 0.900. The monoisotopic (exact) mass is 184 g/mol. The van der Waals surface area contributed by atoms with Gasteiger partial charge in [0.1, 0.15) is 0 Å². The summed E-state index contributed by atoms with van der Waals surface area (Å²) in [4.78, 5) is 10.9. The molecule has 2 aliphatic rings. The molecule has 1 aliphatic carbocycles. The second-order valence-electron chi connectivity index (χ2n) is 4.24. The summed E-state index contributed by atoms with van der Waals surface area (Å²) in [7, 11) is 0. The van der Waals surface area contributed by atoms with Crippen molar-refractivity contribution in [2.75, 3.05) is 6.61 Å². The lowest BCUT2D eigenvalue weighted by atomic mass is 9.71. The average molecular weight is 184 g/mol. The molecule has 0 amide bonds. The van der Waals surface area contributed by atoms with Gasteiger partial charge in [0.15, 0.2) is 0 Å². The van der Waals surface area contributed by atoms with E-state index in [0.29, 0.717) is 17.9 Å². The standard InChI is InChI=1S/C10H16O3/c1-6-7-4-5-13-9(7)3-2-8(6)10(11)12/h6-9H,2-5H2,1H3,(H,11,12). The Morgan fingerprint density at radius 3 is 2.85 bits per heavy atom. The fourth-order valence-electron chi connectivity index (χ4n) is 2.82. The molecule has 13 heavy (non-hydrogen) atoms. The lowest BCUT2D eigenvalue weighted by Gasteiger charge is -2.34. The van der Waals surface area contributed by atoms with Gasteiger partial charge in [-0.25, -0.2) is 0 Å². The number of hydrogen-bond acceptors (Lipinski definition) is 2. The van der Waals surface area contributed by atoms with E-state index in [4.69, 9.17) is 9.84 Å². The highest BCUT2D eigenvalue weighted by atomic mass is 16.5. The molecule has 0 aromatic heterocycles. The summed E-state index contributed by atoms with van der Waals surface area (Å²) < 4.78 is 5.56. The molecule has 2 rings (SSSR count). The molecular weight excluding hydrogens is 168 g/mol. The molecule has 1 aliphatic heterocycles. The first-order chi connectivity index (χ1) is 6.20. The minimum absolute atomic E-state index is 0.136. The topological polar surface area (TPSA) is 46.5 Å². The molecule has 0 aromatic rings. The van der Waals surface area contributed by atoms with Crippen molar-refractivity contribution in [3.05, 3.63) is 0 Å². The van der Waals surface area contributed by atoms with E-state index in [-0.39, 0.29) is 5.92 Å². The SMILES string of the molecule is CC1C(C(=O)O)CCC2OCCC21. The summed E-state index contributed by atoms with van der Waals surface area (Å²) in [6.07, 6.45) is 3.13. The third kappa shape index (κ3) is 1.46. The van der Waals surface area contributed by atoms with E-state index in [9.17, 15) is 4.79 Å². The summed E-state index contributed by atoms with van der Waals surface area (Å²) in [5.74, 6) is 0.0226. The Morgan fingerprint density at radius 2 is 2.15 bits per heavy atom. The second kappa shape index (κ2) is 3.29. The quantitative estimate of drug-likeness (QED) is 0.672. The van der Waals surface area contributed by atoms with Crippen molar-refractivity contribution < 1.29 is 14.6 Å². The molecule has 1 saturated heterocycles. The van der Waals surface area contributed by atoms with Crippen LogP contribution in [-0.4, -0.2) is 23.8 Å². The van der Waals surface area contributed by atoms with Gasteiger partial charge in [-0.3, -0.25) is 4.79 Å². The zero-order valence-electron chi connectivity index (χ0n) is 7.90. The molecular formula is C10H16O3. The molecule has 0 aromatic carbocycles. The van der Waals surface area contributed by atoms with Crippen molar-refractivity contribution in [2.24, 2.45) is 17.8 Å². The van der Waals surface area contributed by atoms with E-state index >= 15 is 0 Å². The molecule has 4 atom stereocenters. The van der Waals surface area contributed by atoms with Crippen molar-refractivity contribution >= 4 is 5.97 Å². The van der Waals surface area contributed by atoms with Gasteiger partial charge < -0.3 is 9.84 Å². The molecule has 0 bridgehead atoms. The van der Waals surface area contributed by atoms with Crippen LogP contribution in [0, 0.1) is 17.8 Å². The van der Waals surface area contributed by atoms with E-state index in [2.05, 4.69) is 6.92 Å². The number of fused-ring (bicyclic) bond motifs is 1. The van der Waals surface area contributed by atoms with Crippen LogP contribution in [0.3, 0.4) is 0 Å². The maximum absolute atomic E-state index is 10.9. The van der Waals surface area contributed by atoms with Crippen molar-refractivity contribution in [1.82, 2.24) is 0 Å². The summed E-state index contributed by atoms with van der Waals surface area (Å²) in [5.41, 5.74) is 0. The van der Waals surface area contributed by atoms with Crippen LogP contribution >= 0.6 is 0 Å². The number of aliphatic carboxylic acids is 1. The van der Waals surface area contributed by atoms with Crippen molar-refractivity contribution in [1.29, 1.82) is 0 Å². The van der Waals surface area contributed by atoms with Gasteiger partial charge in [-0.1, -0.05) is 6.92 Å². The number of carboxylic acid groups (broad SMARTS) is 1. The van der Waals surface area contributed by atoms with Gasteiger partial charge in [0, 0.05) is 6.61 Å². The third-order valence-corrected chi connectivity index (χ3v) is 3.65. The summed E-state index contributed by atoms with van der Waals surface area (Å²) in [6.45, 7) is 2.89. The lowest BCUT2D eigenvalue weighted by molar-refractivity contribution is -0.146. The third-order valence-electron chi connectivity index (χ3n) is 3.65. The van der Waals surface area contributed by atoms with Crippen molar-refractivity contribution in [3.63, 3.8) is 0 Å². The highest BCUT2D eigenvalue weighted by molar-refractivity contribution is 5.70. The minimum Gasteiger partial charge on any atom is -0.481 e. The van der Waals surface area contributed by atoms with Gasteiger partial charge in [-0.15, -0.1) is 0 Å². The Labute approximate surface area is 78.1 Å². The number of carboxylic acids is 1. The zero-order valence-corrected chi connectivity index (χ0v) is 7.90. The minimum atomic E-state index is -0.627. The number of hydrogen-bond donors (Lipinski definition) is 1. The van der Waals surface area contributed by atoms with Crippen molar-refractivity contribution in [2.45, 2.75) is 32.3 Å². The highest BCUT2D eigenvalue weighted by Gasteiger charge is 2.42. The van der Waals surface area contributed by atoms with Crippen LogP contribution in [0.5, 0.6) is 0 Å². The zero-order chi connectivity index (χ0) is 9.42. The summed E-state index contributed by atoms with van der Waals surface area (Å²) in [6, 6.07) is 0. The van der Waals surface area contributed by atoms with Crippen LogP contribution in [0.25, 0.3) is 0 Å². The van der Waals surface area contributed by atoms with E-state index in [0.717, 1.165) is 25.9 Å². The summed E-state index contributed by atoms with van der Waals surface area (Å²) in [5, 5.41) is 8.99. The predicted octanol–water partition coefficient (Wildman–Crippen LogP) is 1.52. The average Bonchev–Trinajstić information content (AvgIpc) is 2.52. The number of carbonyl (C=O) groups is 1. The fourth-order valence-corrected chi connectivity index (χ4v) is 2.82. The first kappa shape index (κ1) is 9.00. The predicted molar refractivity (Wildman–Crippen MR) is 47.4 cm³/mol. The number of rotatable bonds is 1. The maximum atomic E-state index is 10.9. The summed E-state index contributed by atoms with van der Waals surface area (Å²) >= 11 is 0. The van der Waals surface area contributed by atoms with Crippen LogP contribution in [0.2, 0.25) is 0 Å². The molecule has 2 fully saturated rings. The lowest BCUT2D eigenvalue weighted by Crippen LogP contribution is -2.37. The molecule has 1 N–H and O–H groups in total. The van der Waals surface area contributed by atoms with Gasteiger partial charge in [0.2, 0.25) is 0 Å². The molecule has 1 heterocycles. The first-order valence-corrected chi connectivity index (χ1v) is 5.04. The van der Waals surface area contributed by atoms with Crippen LogP contribution in [0.1, 0.15) is 26.2 Å². The molecule has 0 spiro atoms. The molecule has 0 radical (unpaired) electrons. The van der Waals surface area contributed by atoms with Gasteiger partial charge in [-0.05, 0) is 31.1 Å². The van der Waals surface area contributed by atoms with Crippen molar-refractivity contribution in [3.8, 4) is 0 Å². The second-order valence-corrected chi connectivity index (χ2v) is 4.24. The first-order valence-electron chi connectivity index (χ1n) is 5.04. The Morgan fingerprint density at radius 1 is 1.38 bits per heavy atom. The van der Waals surface area contributed by atoms with Crippen LogP contribution in [-0.2, 0) is 9.53 Å². The van der Waals surface area contributed by atoms with Gasteiger partial charge in [0.05, 0.1) is 12.0 Å². The Hall–Kier alpha value is -0.570. The Balaban J connectivity index is 2.08. The molecule has 3 nitrogen and oxygen atoms in total. The maximum Gasteiger partial charge on any atom is 0.306 e. The molecule has 4 unspecified atom stereocenters. The van der Waals surface area contributed by atoms with E-state index in [1.165, 1.54) is 0 Å². The van der Waals surface area contributed by atoms with Gasteiger partial charge >= 0.3 is 5.97 Å². The number of ether oxygens (including phenoxy) is 1. The molecule has 1 saturated carbocycles.